The molecule has 132 valence electrons. The quantitative estimate of drug-likeness (QED) is 0.712. The van der Waals surface area contributed by atoms with E-state index in [9.17, 15) is 14.0 Å². The molecule has 0 saturated carbocycles. The van der Waals surface area contributed by atoms with Gasteiger partial charge in [0.1, 0.15) is 5.82 Å². The summed E-state index contributed by atoms with van der Waals surface area (Å²) < 4.78 is 13.1. The van der Waals surface area contributed by atoms with Crippen LogP contribution in [0.25, 0.3) is 0 Å². The van der Waals surface area contributed by atoms with Crippen molar-refractivity contribution in [2.75, 3.05) is 30.8 Å². The summed E-state index contributed by atoms with van der Waals surface area (Å²) in [5.74, 6) is -0.847. The van der Waals surface area contributed by atoms with Gasteiger partial charge in [-0.1, -0.05) is 25.1 Å². The average Bonchev–Trinajstić information content (AvgIpc) is 2.54. The van der Waals surface area contributed by atoms with Gasteiger partial charge in [-0.3, -0.25) is 9.59 Å². The lowest BCUT2D eigenvalue weighted by Gasteiger charge is -2.14. The molecule has 0 aliphatic heterocycles. The zero-order valence-corrected chi connectivity index (χ0v) is 14.4. The van der Waals surface area contributed by atoms with E-state index in [4.69, 9.17) is 0 Å². The molecule has 25 heavy (non-hydrogen) atoms. The highest BCUT2D eigenvalue weighted by Crippen LogP contribution is 2.10. The van der Waals surface area contributed by atoms with Crippen molar-refractivity contribution in [2.24, 2.45) is 0 Å². The van der Waals surface area contributed by atoms with Gasteiger partial charge in [-0.2, -0.15) is 0 Å². The highest BCUT2D eigenvalue weighted by molar-refractivity contribution is 5.93. The minimum absolute atomic E-state index is 0.110. The van der Waals surface area contributed by atoms with Crippen molar-refractivity contribution < 1.29 is 18.9 Å². The number of amides is 2. The zero-order chi connectivity index (χ0) is 18.2. The van der Waals surface area contributed by atoms with Crippen molar-refractivity contribution in [1.82, 2.24) is 0 Å². The number of likely N-dealkylation sites (N-methyl/N-ethyl adjacent to an activating group) is 1. The SMILES string of the molecule is CCc1cccc(NC(=O)C[NH+](C)CC(=O)Nc2cccc(F)c2)c1. The van der Waals surface area contributed by atoms with Crippen LogP contribution in [0.4, 0.5) is 15.8 Å². The summed E-state index contributed by atoms with van der Waals surface area (Å²) in [6.07, 6.45) is 0.898. The monoisotopic (exact) mass is 344 g/mol. The normalized spacial score (nSPS) is 11.6. The van der Waals surface area contributed by atoms with Crippen molar-refractivity contribution in [3.8, 4) is 0 Å². The number of quaternary nitrogens is 1. The molecular weight excluding hydrogens is 321 g/mol. The second kappa shape index (κ2) is 8.94. The van der Waals surface area contributed by atoms with Crippen LogP contribution in [0.1, 0.15) is 12.5 Å². The van der Waals surface area contributed by atoms with Gasteiger partial charge in [-0.15, -0.1) is 0 Å². The maximum absolute atomic E-state index is 13.1. The first-order chi connectivity index (χ1) is 12.0. The number of hydrogen-bond acceptors (Lipinski definition) is 2. The number of carbonyl (C=O) groups excluding carboxylic acids is 2. The topological polar surface area (TPSA) is 62.6 Å². The van der Waals surface area contributed by atoms with Crippen LogP contribution >= 0.6 is 0 Å². The molecule has 0 aliphatic rings. The van der Waals surface area contributed by atoms with Crippen molar-refractivity contribution in [1.29, 1.82) is 0 Å². The molecule has 0 spiro atoms. The first-order valence-electron chi connectivity index (χ1n) is 8.21. The fourth-order valence-electron chi connectivity index (χ4n) is 2.46. The lowest BCUT2D eigenvalue weighted by atomic mass is 10.1. The number of hydrogen-bond donors (Lipinski definition) is 3. The van der Waals surface area contributed by atoms with Gasteiger partial charge in [0.05, 0.1) is 7.05 Å². The van der Waals surface area contributed by atoms with Crippen molar-refractivity contribution in [2.45, 2.75) is 13.3 Å². The van der Waals surface area contributed by atoms with Gasteiger partial charge in [0.2, 0.25) is 0 Å². The molecule has 2 aromatic carbocycles. The highest BCUT2D eigenvalue weighted by atomic mass is 19.1. The molecular formula is C19H23FN3O2+. The molecule has 0 aliphatic carbocycles. The summed E-state index contributed by atoms with van der Waals surface area (Å²) in [6.45, 7) is 2.32. The van der Waals surface area contributed by atoms with Crippen LogP contribution in [0.15, 0.2) is 48.5 Å². The van der Waals surface area contributed by atoms with Crippen LogP contribution in [-0.4, -0.2) is 32.0 Å². The summed E-state index contributed by atoms with van der Waals surface area (Å²) in [5, 5.41) is 5.46. The number of rotatable bonds is 7. The van der Waals surface area contributed by atoms with Crippen LogP contribution in [0.3, 0.4) is 0 Å². The van der Waals surface area contributed by atoms with Crippen molar-refractivity contribution in [3.63, 3.8) is 0 Å². The fourth-order valence-corrected chi connectivity index (χ4v) is 2.46. The van der Waals surface area contributed by atoms with E-state index >= 15 is 0 Å². The summed E-state index contributed by atoms with van der Waals surface area (Å²) in [5.41, 5.74) is 2.30. The van der Waals surface area contributed by atoms with Gasteiger partial charge < -0.3 is 15.5 Å². The van der Waals surface area contributed by atoms with Gasteiger partial charge in [-0.25, -0.2) is 4.39 Å². The Morgan fingerprint density at radius 1 is 0.960 bits per heavy atom. The van der Waals surface area contributed by atoms with E-state index in [0.717, 1.165) is 22.6 Å². The maximum Gasteiger partial charge on any atom is 0.279 e. The zero-order valence-electron chi connectivity index (χ0n) is 14.4. The molecule has 2 rings (SSSR count). The highest BCUT2D eigenvalue weighted by Gasteiger charge is 2.14. The third kappa shape index (κ3) is 6.35. The summed E-state index contributed by atoms with van der Waals surface area (Å²) in [6, 6.07) is 13.4. The average molecular weight is 344 g/mol. The van der Waals surface area contributed by atoms with E-state index in [0.29, 0.717) is 5.69 Å². The molecule has 1 atom stereocenters. The Labute approximate surface area is 146 Å². The molecule has 2 amide bonds. The molecule has 0 radical (unpaired) electrons. The van der Waals surface area contributed by atoms with Gasteiger partial charge in [-0.05, 0) is 42.3 Å². The predicted octanol–water partition coefficient (Wildman–Crippen LogP) is 1.48. The van der Waals surface area contributed by atoms with E-state index < -0.39 is 5.82 Å². The minimum Gasteiger partial charge on any atom is -0.322 e. The first-order valence-corrected chi connectivity index (χ1v) is 8.21. The Morgan fingerprint density at radius 2 is 1.52 bits per heavy atom. The number of halogens is 1. The van der Waals surface area contributed by atoms with E-state index in [1.165, 1.54) is 18.2 Å². The summed E-state index contributed by atoms with van der Waals surface area (Å²) in [7, 11) is 1.76. The van der Waals surface area contributed by atoms with Crippen LogP contribution in [-0.2, 0) is 16.0 Å². The Balaban J connectivity index is 1.81. The van der Waals surface area contributed by atoms with E-state index in [1.54, 1.807) is 13.1 Å². The Hall–Kier alpha value is -2.73. The second-order valence-electron chi connectivity index (χ2n) is 5.97. The van der Waals surface area contributed by atoms with Crippen molar-refractivity contribution >= 4 is 23.2 Å². The van der Waals surface area contributed by atoms with Crippen molar-refractivity contribution in [3.05, 3.63) is 59.9 Å². The Bertz CT molecular complexity index is 749. The molecule has 2 aromatic rings. The minimum atomic E-state index is -0.410. The predicted molar refractivity (Wildman–Crippen MR) is 96.1 cm³/mol. The van der Waals surface area contributed by atoms with Gasteiger partial charge >= 0.3 is 0 Å². The standard InChI is InChI=1S/C19H22FN3O2/c1-3-14-6-4-8-16(10-14)21-18(24)12-23(2)13-19(25)22-17-9-5-7-15(20)11-17/h4-11H,3,12-13H2,1-2H3,(H,21,24)(H,22,25)/p+1. The van der Waals surface area contributed by atoms with Crippen LogP contribution < -0.4 is 15.5 Å². The van der Waals surface area contributed by atoms with Gasteiger partial charge in [0.25, 0.3) is 11.8 Å². The number of benzene rings is 2. The van der Waals surface area contributed by atoms with Crippen LogP contribution in [0.2, 0.25) is 0 Å². The first kappa shape index (κ1) is 18.6. The smallest absolute Gasteiger partial charge is 0.279 e. The largest absolute Gasteiger partial charge is 0.322 e. The Morgan fingerprint density at radius 3 is 2.08 bits per heavy atom. The van der Waals surface area contributed by atoms with E-state index in [2.05, 4.69) is 17.6 Å². The molecule has 0 saturated heterocycles. The maximum atomic E-state index is 13.1. The molecule has 0 bridgehead atoms. The molecule has 3 N–H and O–H groups in total. The summed E-state index contributed by atoms with van der Waals surface area (Å²) in [4.78, 5) is 24.8. The Kier molecular flexibility index (Phi) is 6.65. The molecule has 0 fully saturated rings. The molecule has 1 unspecified atom stereocenters. The lowest BCUT2D eigenvalue weighted by molar-refractivity contribution is -0.862. The fraction of sp³-hybridized carbons (Fsp3) is 0.263. The lowest BCUT2D eigenvalue weighted by Crippen LogP contribution is -3.11. The number of carbonyl (C=O) groups is 2. The van der Waals surface area contributed by atoms with Gasteiger partial charge in [0.15, 0.2) is 13.1 Å². The van der Waals surface area contributed by atoms with Gasteiger partial charge in [0, 0.05) is 11.4 Å². The second-order valence-corrected chi connectivity index (χ2v) is 5.97. The molecule has 5 nitrogen and oxygen atoms in total. The molecule has 6 heteroatoms. The van der Waals surface area contributed by atoms with Crippen LogP contribution in [0.5, 0.6) is 0 Å². The van der Waals surface area contributed by atoms with Crippen LogP contribution in [0, 0.1) is 5.82 Å². The number of anilines is 2. The third-order valence-electron chi connectivity index (χ3n) is 3.65. The summed E-state index contributed by atoms with van der Waals surface area (Å²) >= 11 is 0. The number of nitrogens with one attached hydrogen (secondary N) is 3. The van der Waals surface area contributed by atoms with E-state index in [-0.39, 0.29) is 24.9 Å². The van der Waals surface area contributed by atoms with E-state index in [1.807, 2.05) is 24.3 Å². The molecule has 0 aromatic heterocycles. The number of aryl methyl sites for hydroxylation is 1. The molecule has 0 heterocycles. The third-order valence-corrected chi connectivity index (χ3v) is 3.65.